The second kappa shape index (κ2) is 7.26. The average Bonchev–Trinajstić information content (AvgIpc) is 2.47. The molecule has 0 aromatic rings. The number of hydrogen-bond donors (Lipinski definition) is 3. The second-order valence-electron chi connectivity index (χ2n) is 7.94. The molecule has 0 spiro atoms. The van der Waals surface area contributed by atoms with E-state index in [4.69, 9.17) is 10.5 Å². The fourth-order valence-corrected chi connectivity index (χ4v) is 3.85. The number of carbonyl (C=O) groups excluding carboxylic acids is 1. The monoisotopic (exact) mass is 348 g/mol. The highest BCUT2D eigenvalue weighted by Crippen LogP contribution is 2.50. The highest BCUT2D eigenvalue weighted by atomic mass is 35.5. The smallest absolute Gasteiger partial charge is 0.240 e. The molecule has 5 nitrogen and oxygen atoms in total. The predicted molar refractivity (Wildman–Crippen MR) is 93.6 cm³/mol. The van der Waals surface area contributed by atoms with Crippen LogP contribution in [0.1, 0.15) is 59.8 Å². The number of aliphatic hydroxyl groups is 1. The maximum atomic E-state index is 12.6. The number of hydrogen-bond acceptors (Lipinski definition) is 4. The Balaban J connectivity index is 0.00000264. The summed E-state index contributed by atoms with van der Waals surface area (Å²) in [5, 5.41) is 13.2. The van der Waals surface area contributed by atoms with E-state index in [0.29, 0.717) is 19.6 Å². The molecule has 0 aromatic heterocycles. The fraction of sp³-hybridized carbons (Fsp3) is 0.941. The van der Waals surface area contributed by atoms with E-state index in [1.807, 2.05) is 20.8 Å². The van der Waals surface area contributed by atoms with Crippen molar-refractivity contribution in [3.05, 3.63) is 0 Å². The normalized spacial score (nSPS) is 39.0. The molecule has 1 amide bonds. The molecule has 2 fully saturated rings. The zero-order valence-electron chi connectivity index (χ0n) is 14.9. The molecule has 2 aliphatic carbocycles. The molecule has 2 rings (SSSR count). The first-order valence-corrected chi connectivity index (χ1v) is 8.54. The van der Waals surface area contributed by atoms with Crippen molar-refractivity contribution in [2.24, 2.45) is 16.6 Å². The van der Waals surface area contributed by atoms with Gasteiger partial charge in [-0.1, -0.05) is 33.6 Å². The summed E-state index contributed by atoms with van der Waals surface area (Å²) in [6, 6.07) is 0. The summed E-state index contributed by atoms with van der Waals surface area (Å²) in [5.74, 6) is -0.118. The first-order chi connectivity index (χ1) is 10.2. The summed E-state index contributed by atoms with van der Waals surface area (Å²) < 4.78 is 5.67. The number of rotatable bonds is 5. The fourth-order valence-electron chi connectivity index (χ4n) is 3.85. The number of ether oxygens (including phenoxy) is 1. The van der Waals surface area contributed by atoms with Crippen LogP contribution in [0.5, 0.6) is 0 Å². The van der Waals surface area contributed by atoms with Crippen molar-refractivity contribution in [3.8, 4) is 0 Å². The van der Waals surface area contributed by atoms with E-state index in [1.54, 1.807) is 0 Å². The maximum Gasteiger partial charge on any atom is 0.240 e. The van der Waals surface area contributed by atoms with Crippen molar-refractivity contribution in [2.45, 2.75) is 77.5 Å². The van der Waals surface area contributed by atoms with Crippen LogP contribution in [0, 0.1) is 10.8 Å². The molecule has 0 bridgehead atoms. The van der Waals surface area contributed by atoms with Crippen molar-refractivity contribution in [2.75, 3.05) is 13.2 Å². The van der Waals surface area contributed by atoms with Gasteiger partial charge in [0.25, 0.3) is 0 Å². The van der Waals surface area contributed by atoms with Gasteiger partial charge in [-0.05, 0) is 19.8 Å². The zero-order chi connectivity index (χ0) is 16.6. The van der Waals surface area contributed by atoms with Crippen LogP contribution < -0.4 is 11.1 Å². The number of nitrogens with one attached hydrogen (secondary N) is 1. The van der Waals surface area contributed by atoms with Crippen molar-refractivity contribution in [1.29, 1.82) is 0 Å². The van der Waals surface area contributed by atoms with Gasteiger partial charge in [0.1, 0.15) is 5.54 Å². The molecule has 4 N–H and O–H groups in total. The summed E-state index contributed by atoms with van der Waals surface area (Å²) in [6.07, 6.45) is 4.17. The van der Waals surface area contributed by atoms with E-state index in [1.165, 1.54) is 0 Å². The third-order valence-corrected chi connectivity index (χ3v) is 6.17. The number of aliphatic hydroxyl groups excluding tert-OH is 1. The van der Waals surface area contributed by atoms with E-state index in [0.717, 1.165) is 25.7 Å². The third kappa shape index (κ3) is 3.53. The number of halogens is 1. The van der Waals surface area contributed by atoms with Crippen LogP contribution in [-0.2, 0) is 9.53 Å². The van der Waals surface area contributed by atoms with Gasteiger partial charge in [-0.2, -0.15) is 0 Å². The number of amides is 1. The van der Waals surface area contributed by atoms with Crippen molar-refractivity contribution >= 4 is 18.3 Å². The summed E-state index contributed by atoms with van der Waals surface area (Å²) in [4.78, 5) is 12.6. The largest absolute Gasteiger partial charge is 0.392 e. The second-order valence-corrected chi connectivity index (χ2v) is 7.94. The summed E-state index contributed by atoms with van der Waals surface area (Å²) in [5.41, 5.74) is 4.88. The molecule has 0 radical (unpaired) electrons. The minimum absolute atomic E-state index is 0. The van der Waals surface area contributed by atoms with E-state index >= 15 is 0 Å². The SMILES string of the molecule is CCOC1CC(N)(C(=O)NCC2(C)CCCCC2O)C1(C)C.Cl. The Morgan fingerprint density at radius 3 is 2.52 bits per heavy atom. The lowest BCUT2D eigenvalue weighted by Gasteiger charge is -2.57. The summed E-state index contributed by atoms with van der Waals surface area (Å²) in [6.45, 7) is 9.12. The minimum Gasteiger partial charge on any atom is -0.392 e. The standard InChI is InChI=1S/C17H32N2O3.ClH/c1-5-22-13-10-17(18,15(13,2)3)14(21)19-11-16(4)9-7-6-8-12(16)20;/h12-13,20H,5-11,18H2,1-4H3,(H,19,21);1H. The third-order valence-electron chi connectivity index (χ3n) is 6.17. The Morgan fingerprint density at radius 1 is 1.35 bits per heavy atom. The van der Waals surface area contributed by atoms with Crippen LogP contribution in [-0.4, -0.2) is 41.9 Å². The molecule has 136 valence electrons. The topological polar surface area (TPSA) is 84.6 Å². The van der Waals surface area contributed by atoms with Gasteiger partial charge >= 0.3 is 0 Å². The van der Waals surface area contributed by atoms with Gasteiger partial charge < -0.3 is 20.9 Å². The highest BCUT2D eigenvalue weighted by molar-refractivity contribution is 5.88. The number of nitrogens with two attached hydrogens (primary N) is 1. The molecular formula is C17H33ClN2O3. The Bertz CT molecular complexity index is 432. The lowest BCUT2D eigenvalue weighted by atomic mass is 9.54. The molecule has 0 aliphatic heterocycles. The van der Waals surface area contributed by atoms with Gasteiger partial charge in [0.05, 0.1) is 12.2 Å². The minimum atomic E-state index is -0.886. The number of carbonyl (C=O) groups is 1. The van der Waals surface area contributed by atoms with Crippen molar-refractivity contribution < 1.29 is 14.6 Å². The Morgan fingerprint density at radius 2 is 2.00 bits per heavy atom. The molecule has 2 aliphatic rings. The van der Waals surface area contributed by atoms with E-state index in [2.05, 4.69) is 12.2 Å². The molecule has 0 aromatic carbocycles. The first kappa shape index (κ1) is 20.7. The van der Waals surface area contributed by atoms with Gasteiger partial charge in [0.2, 0.25) is 5.91 Å². The molecule has 4 unspecified atom stereocenters. The highest BCUT2D eigenvalue weighted by Gasteiger charge is 2.62. The van der Waals surface area contributed by atoms with Crippen LogP contribution in [0.2, 0.25) is 0 Å². The van der Waals surface area contributed by atoms with Crippen molar-refractivity contribution in [3.63, 3.8) is 0 Å². The molecule has 23 heavy (non-hydrogen) atoms. The molecule has 0 heterocycles. The van der Waals surface area contributed by atoms with Gasteiger partial charge in [0, 0.05) is 30.4 Å². The van der Waals surface area contributed by atoms with E-state index < -0.39 is 5.54 Å². The lowest BCUT2D eigenvalue weighted by molar-refractivity contribution is -0.171. The summed E-state index contributed by atoms with van der Waals surface area (Å²) in [7, 11) is 0. The van der Waals surface area contributed by atoms with Gasteiger partial charge in [0.15, 0.2) is 0 Å². The van der Waals surface area contributed by atoms with Gasteiger partial charge in [-0.3, -0.25) is 4.79 Å². The predicted octanol–water partition coefficient (Wildman–Crippen LogP) is 2.00. The van der Waals surface area contributed by atoms with E-state index in [-0.39, 0.29) is 41.4 Å². The van der Waals surface area contributed by atoms with Gasteiger partial charge in [-0.15, -0.1) is 12.4 Å². The maximum absolute atomic E-state index is 12.6. The van der Waals surface area contributed by atoms with Crippen LogP contribution in [0.25, 0.3) is 0 Å². The van der Waals surface area contributed by atoms with Crippen LogP contribution in [0.3, 0.4) is 0 Å². The quantitative estimate of drug-likeness (QED) is 0.709. The zero-order valence-corrected chi connectivity index (χ0v) is 15.7. The first-order valence-electron chi connectivity index (χ1n) is 8.54. The van der Waals surface area contributed by atoms with Gasteiger partial charge in [-0.25, -0.2) is 0 Å². The van der Waals surface area contributed by atoms with Crippen LogP contribution in [0.15, 0.2) is 0 Å². The van der Waals surface area contributed by atoms with Crippen molar-refractivity contribution in [1.82, 2.24) is 5.32 Å². The molecule has 4 atom stereocenters. The average molecular weight is 349 g/mol. The van der Waals surface area contributed by atoms with E-state index in [9.17, 15) is 9.90 Å². The van der Waals surface area contributed by atoms with Crippen LogP contribution >= 0.6 is 12.4 Å². The molecular weight excluding hydrogens is 316 g/mol. The Kier molecular flexibility index (Phi) is 6.53. The molecule has 0 saturated heterocycles. The molecule has 2 saturated carbocycles. The summed E-state index contributed by atoms with van der Waals surface area (Å²) >= 11 is 0. The Labute approximate surface area is 146 Å². The Hall–Kier alpha value is -0.360. The van der Waals surface area contributed by atoms with Crippen LogP contribution in [0.4, 0.5) is 0 Å². The molecule has 6 heteroatoms. The lowest BCUT2D eigenvalue weighted by Crippen LogP contribution is -2.76.